The Kier molecular flexibility index (Phi) is 12.1. The first-order valence-electron chi connectivity index (χ1n) is 7.91. The van der Waals surface area contributed by atoms with Crippen LogP contribution < -0.4 is 11.1 Å². The van der Waals surface area contributed by atoms with Crippen LogP contribution in [0, 0.1) is 5.92 Å². The molecule has 1 aromatic rings. The van der Waals surface area contributed by atoms with Crippen LogP contribution >= 0.6 is 39.9 Å². The quantitative estimate of drug-likeness (QED) is 0.320. The lowest BCUT2D eigenvalue weighted by atomic mass is 10.1. The summed E-state index contributed by atoms with van der Waals surface area (Å²) in [5.74, 6) is 1.09. The number of carbonyl (C=O) groups excluding carboxylic acids is 1. The fourth-order valence-corrected chi connectivity index (χ4v) is 2.37. The lowest BCUT2D eigenvalue weighted by Gasteiger charge is -2.18. The first-order valence-corrected chi connectivity index (χ1v) is 8.70. The number of halogens is 2. The largest absolute Gasteiger partial charge is 0.370 e. The molecule has 0 unspecified atom stereocenters. The number of hydrogen-bond donors (Lipinski definition) is 2. The predicted octanol–water partition coefficient (Wildman–Crippen LogP) is 3.37. The molecule has 0 heterocycles. The monoisotopic (exact) mass is 510 g/mol. The number of guanidine groups is 1. The Balaban J connectivity index is 0.00000529. The van der Waals surface area contributed by atoms with Gasteiger partial charge in [-0.05, 0) is 24.0 Å². The van der Waals surface area contributed by atoms with E-state index < -0.39 is 0 Å². The summed E-state index contributed by atoms with van der Waals surface area (Å²) in [6.45, 7) is 6.10. The molecule has 3 N–H and O–H groups in total. The number of nitrogens with two attached hydrogens (primary N) is 1. The fraction of sp³-hybridized carbons (Fsp3) is 0.529. The van der Waals surface area contributed by atoms with Crippen LogP contribution in [0.5, 0.6) is 0 Å². The van der Waals surface area contributed by atoms with E-state index in [4.69, 9.17) is 5.73 Å². The van der Waals surface area contributed by atoms with E-state index in [1.165, 1.54) is 0 Å². The summed E-state index contributed by atoms with van der Waals surface area (Å²) in [7, 11) is 1.81. The maximum atomic E-state index is 12.1. The SMILES string of the molecule is CC(C)CCN=C(N)NCCC(=O)N(C)Cc1ccccc1Br.I. The molecule has 136 valence electrons. The number of amides is 1. The van der Waals surface area contributed by atoms with Gasteiger partial charge in [0.2, 0.25) is 5.91 Å². The first-order chi connectivity index (χ1) is 10.9. The Bertz CT molecular complexity index is 537. The van der Waals surface area contributed by atoms with E-state index in [2.05, 4.69) is 40.1 Å². The predicted molar refractivity (Wildman–Crippen MR) is 115 cm³/mol. The van der Waals surface area contributed by atoms with Gasteiger partial charge in [-0.2, -0.15) is 0 Å². The van der Waals surface area contributed by atoms with Crippen molar-refractivity contribution in [2.24, 2.45) is 16.6 Å². The Morgan fingerprint density at radius 1 is 1.38 bits per heavy atom. The van der Waals surface area contributed by atoms with Crippen LogP contribution in [0.25, 0.3) is 0 Å². The van der Waals surface area contributed by atoms with Crippen molar-refractivity contribution in [2.45, 2.75) is 33.2 Å². The van der Waals surface area contributed by atoms with Crippen molar-refractivity contribution in [2.75, 3.05) is 20.1 Å². The van der Waals surface area contributed by atoms with Crippen molar-refractivity contribution in [3.05, 3.63) is 34.3 Å². The highest BCUT2D eigenvalue weighted by Crippen LogP contribution is 2.17. The highest BCUT2D eigenvalue weighted by molar-refractivity contribution is 14.0. The molecule has 7 heteroatoms. The summed E-state index contributed by atoms with van der Waals surface area (Å²) in [5, 5.41) is 2.99. The Morgan fingerprint density at radius 3 is 2.67 bits per heavy atom. The van der Waals surface area contributed by atoms with E-state index in [1.807, 2.05) is 31.3 Å². The molecule has 0 aromatic heterocycles. The third-order valence-corrected chi connectivity index (χ3v) is 4.20. The van der Waals surface area contributed by atoms with Crippen molar-refractivity contribution in [1.82, 2.24) is 10.2 Å². The Morgan fingerprint density at radius 2 is 2.04 bits per heavy atom. The van der Waals surface area contributed by atoms with Gasteiger partial charge in [0, 0.05) is 37.6 Å². The minimum atomic E-state index is 0. The van der Waals surface area contributed by atoms with Crippen LogP contribution in [-0.2, 0) is 11.3 Å². The first kappa shape index (κ1) is 23.2. The third kappa shape index (κ3) is 9.46. The minimum Gasteiger partial charge on any atom is -0.370 e. The number of rotatable bonds is 8. The number of hydrogen-bond acceptors (Lipinski definition) is 2. The highest BCUT2D eigenvalue weighted by atomic mass is 127. The second-order valence-corrected chi connectivity index (χ2v) is 6.82. The minimum absolute atomic E-state index is 0. The summed E-state index contributed by atoms with van der Waals surface area (Å²) >= 11 is 3.50. The van der Waals surface area contributed by atoms with E-state index in [0.29, 0.717) is 37.9 Å². The standard InChI is InChI=1S/C17H27BrN4O.HI/c1-13(2)8-10-20-17(19)21-11-9-16(23)22(3)12-14-6-4-5-7-15(14)18;/h4-7,13H,8-12H2,1-3H3,(H3,19,20,21);1H. The van der Waals surface area contributed by atoms with Crippen LogP contribution in [0.3, 0.4) is 0 Å². The third-order valence-electron chi connectivity index (χ3n) is 3.42. The molecule has 24 heavy (non-hydrogen) atoms. The molecule has 0 fully saturated rings. The van der Waals surface area contributed by atoms with Crippen LogP contribution in [0.1, 0.15) is 32.3 Å². The lowest BCUT2D eigenvalue weighted by Crippen LogP contribution is -2.36. The molecule has 0 bridgehead atoms. The average molecular weight is 511 g/mol. The van der Waals surface area contributed by atoms with Gasteiger partial charge in [-0.25, -0.2) is 0 Å². The topological polar surface area (TPSA) is 70.7 Å². The van der Waals surface area contributed by atoms with E-state index in [9.17, 15) is 4.79 Å². The molecule has 0 aliphatic carbocycles. The fourth-order valence-electron chi connectivity index (χ4n) is 1.96. The van der Waals surface area contributed by atoms with Crippen LogP contribution in [0.15, 0.2) is 33.7 Å². The molecule has 0 saturated carbocycles. The maximum Gasteiger partial charge on any atom is 0.224 e. The zero-order chi connectivity index (χ0) is 17.2. The van der Waals surface area contributed by atoms with Gasteiger partial charge < -0.3 is 16.0 Å². The molecular formula is C17H28BrIN4O. The van der Waals surface area contributed by atoms with Crippen LogP contribution in [0.4, 0.5) is 0 Å². The summed E-state index contributed by atoms with van der Waals surface area (Å²) < 4.78 is 1.01. The van der Waals surface area contributed by atoms with Crippen LogP contribution in [0.2, 0.25) is 0 Å². The molecule has 1 amide bonds. The summed E-state index contributed by atoms with van der Waals surface area (Å²) in [6.07, 6.45) is 1.40. The molecule has 5 nitrogen and oxygen atoms in total. The Labute approximate surface area is 170 Å². The van der Waals surface area contributed by atoms with Gasteiger partial charge in [0.05, 0.1) is 0 Å². The highest BCUT2D eigenvalue weighted by Gasteiger charge is 2.10. The van der Waals surface area contributed by atoms with E-state index in [1.54, 1.807) is 4.90 Å². The summed E-state index contributed by atoms with van der Waals surface area (Å²) in [5.41, 5.74) is 6.86. The van der Waals surface area contributed by atoms with Gasteiger partial charge in [0.15, 0.2) is 5.96 Å². The maximum absolute atomic E-state index is 12.1. The van der Waals surface area contributed by atoms with Crippen LogP contribution in [-0.4, -0.2) is 36.9 Å². The number of aliphatic imine (C=N–C) groups is 1. The molecule has 1 aromatic carbocycles. The van der Waals surface area contributed by atoms with Gasteiger partial charge in [-0.1, -0.05) is 48.0 Å². The van der Waals surface area contributed by atoms with Gasteiger partial charge in [-0.3, -0.25) is 9.79 Å². The van der Waals surface area contributed by atoms with Gasteiger partial charge >= 0.3 is 0 Å². The molecule has 1 rings (SSSR count). The van der Waals surface area contributed by atoms with Gasteiger partial charge in [0.25, 0.3) is 0 Å². The number of nitrogens with one attached hydrogen (secondary N) is 1. The number of benzene rings is 1. The molecular weight excluding hydrogens is 483 g/mol. The summed E-state index contributed by atoms with van der Waals surface area (Å²) in [6, 6.07) is 7.91. The van der Waals surface area contributed by atoms with Gasteiger partial charge in [-0.15, -0.1) is 24.0 Å². The molecule has 0 radical (unpaired) electrons. The van der Waals surface area contributed by atoms with Crippen molar-refractivity contribution in [3.8, 4) is 0 Å². The molecule has 0 aliphatic heterocycles. The normalized spacial score (nSPS) is 11.1. The Hall–Kier alpha value is -0.830. The molecule has 0 aliphatic rings. The zero-order valence-corrected chi connectivity index (χ0v) is 18.5. The zero-order valence-electron chi connectivity index (χ0n) is 14.6. The van der Waals surface area contributed by atoms with Crippen molar-refractivity contribution < 1.29 is 4.79 Å². The molecule has 0 spiro atoms. The average Bonchev–Trinajstić information content (AvgIpc) is 2.49. The number of nitrogens with zero attached hydrogens (tertiary/aromatic N) is 2. The van der Waals surface area contributed by atoms with E-state index in [-0.39, 0.29) is 29.9 Å². The number of carbonyl (C=O) groups is 1. The second-order valence-electron chi connectivity index (χ2n) is 5.97. The van der Waals surface area contributed by atoms with Crippen molar-refractivity contribution in [3.63, 3.8) is 0 Å². The smallest absolute Gasteiger partial charge is 0.224 e. The van der Waals surface area contributed by atoms with Gasteiger partial charge in [0.1, 0.15) is 0 Å². The second kappa shape index (κ2) is 12.5. The lowest BCUT2D eigenvalue weighted by molar-refractivity contribution is -0.130. The summed E-state index contributed by atoms with van der Waals surface area (Å²) in [4.78, 5) is 18.1. The van der Waals surface area contributed by atoms with E-state index in [0.717, 1.165) is 16.5 Å². The molecule has 0 saturated heterocycles. The van der Waals surface area contributed by atoms with Crippen molar-refractivity contribution in [1.29, 1.82) is 0 Å². The van der Waals surface area contributed by atoms with Crippen molar-refractivity contribution >= 4 is 51.8 Å². The molecule has 0 atom stereocenters. The van der Waals surface area contributed by atoms with E-state index >= 15 is 0 Å².